The minimum atomic E-state index is -0.0212. The highest BCUT2D eigenvalue weighted by Gasteiger charge is 2.37. The molecule has 1 saturated heterocycles. The fraction of sp³-hybridized carbons (Fsp3) is 0.462. The van der Waals surface area contributed by atoms with Crippen LogP contribution in [0.1, 0.15) is 23.4 Å². The second-order valence-corrected chi connectivity index (χ2v) is 5.73. The minimum absolute atomic E-state index is 0.0152. The number of rotatable bonds is 3. The standard InChI is InChI=1S/C13H17NO2S/c1-9-4-3-5-11(8-9)13-14(6-7-15)12(16)10(2)17-13/h3-5,8,10,13,15H,6-7H2,1-2H3/t10-,13+/m0/s1. The summed E-state index contributed by atoms with van der Waals surface area (Å²) in [4.78, 5) is 13.7. The molecular formula is C13H17NO2S. The third-order valence-electron chi connectivity index (χ3n) is 2.92. The molecule has 17 heavy (non-hydrogen) atoms. The summed E-state index contributed by atoms with van der Waals surface area (Å²) in [6, 6.07) is 8.20. The third kappa shape index (κ3) is 2.48. The van der Waals surface area contributed by atoms with Crippen LogP contribution in [0.2, 0.25) is 0 Å². The molecular weight excluding hydrogens is 234 g/mol. The van der Waals surface area contributed by atoms with Crippen LogP contribution in [-0.4, -0.2) is 34.3 Å². The highest BCUT2D eigenvalue weighted by atomic mass is 32.2. The lowest BCUT2D eigenvalue weighted by molar-refractivity contribution is -0.130. The van der Waals surface area contributed by atoms with Crippen LogP contribution < -0.4 is 0 Å². The van der Waals surface area contributed by atoms with Crippen LogP contribution in [0, 0.1) is 6.92 Å². The monoisotopic (exact) mass is 251 g/mol. The van der Waals surface area contributed by atoms with E-state index in [2.05, 4.69) is 6.07 Å². The Labute approximate surface area is 106 Å². The Hall–Kier alpha value is -1.00. The first kappa shape index (κ1) is 12.5. The van der Waals surface area contributed by atoms with Crippen molar-refractivity contribution in [1.29, 1.82) is 0 Å². The highest BCUT2D eigenvalue weighted by molar-refractivity contribution is 8.01. The van der Waals surface area contributed by atoms with Gasteiger partial charge in [0.05, 0.1) is 11.9 Å². The van der Waals surface area contributed by atoms with Crippen molar-refractivity contribution in [1.82, 2.24) is 4.90 Å². The van der Waals surface area contributed by atoms with Crippen LogP contribution in [0.25, 0.3) is 0 Å². The zero-order valence-corrected chi connectivity index (χ0v) is 10.9. The number of aryl methyl sites for hydroxylation is 1. The number of carbonyl (C=O) groups is 1. The predicted molar refractivity (Wildman–Crippen MR) is 69.8 cm³/mol. The number of β-amino-alcohol motifs (C(OH)–C–C–N with tert-alkyl or cyclic N) is 1. The SMILES string of the molecule is Cc1cccc([C@H]2S[C@@H](C)C(=O)N2CCO)c1. The van der Waals surface area contributed by atoms with Crippen LogP contribution in [0.5, 0.6) is 0 Å². The van der Waals surface area contributed by atoms with Gasteiger partial charge in [0.1, 0.15) is 5.37 Å². The molecule has 0 aromatic heterocycles. The molecule has 0 unspecified atom stereocenters. The van der Waals surface area contributed by atoms with Gasteiger partial charge in [0.25, 0.3) is 0 Å². The molecule has 2 rings (SSSR count). The van der Waals surface area contributed by atoms with Crippen molar-refractivity contribution in [2.45, 2.75) is 24.5 Å². The van der Waals surface area contributed by atoms with Gasteiger partial charge in [-0.25, -0.2) is 0 Å². The Balaban J connectivity index is 2.27. The molecule has 1 aromatic carbocycles. The van der Waals surface area contributed by atoms with E-state index in [1.807, 2.05) is 32.0 Å². The highest BCUT2D eigenvalue weighted by Crippen LogP contribution is 2.42. The first-order valence-electron chi connectivity index (χ1n) is 5.77. The maximum Gasteiger partial charge on any atom is 0.236 e. The van der Waals surface area contributed by atoms with Crippen LogP contribution in [-0.2, 0) is 4.79 Å². The van der Waals surface area contributed by atoms with Crippen molar-refractivity contribution in [3.8, 4) is 0 Å². The van der Waals surface area contributed by atoms with Crippen molar-refractivity contribution in [3.63, 3.8) is 0 Å². The van der Waals surface area contributed by atoms with Crippen molar-refractivity contribution in [3.05, 3.63) is 35.4 Å². The largest absolute Gasteiger partial charge is 0.395 e. The molecule has 0 saturated carbocycles. The van der Waals surface area contributed by atoms with Gasteiger partial charge in [0.15, 0.2) is 0 Å². The number of hydrogen-bond donors (Lipinski definition) is 1. The van der Waals surface area contributed by atoms with Crippen molar-refractivity contribution < 1.29 is 9.90 Å². The molecule has 2 atom stereocenters. The summed E-state index contributed by atoms with van der Waals surface area (Å²) in [5.41, 5.74) is 2.33. The molecule has 1 aromatic rings. The fourth-order valence-electron chi connectivity index (χ4n) is 2.09. The van der Waals surface area contributed by atoms with Gasteiger partial charge in [-0.15, -0.1) is 11.8 Å². The Morgan fingerprint density at radius 2 is 2.24 bits per heavy atom. The Morgan fingerprint density at radius 3 is 2.88 bits per heavy atom. The average molecular weight is 251 g/mol. The second-order valence-electron chi connectivity index (χ2n) is 4.30. The first-order chi connectivity index (χ1) is 8.13. The number of nitrogens with zero attached hydrogens (tertiary/aromatic N) is 1. The van der Waals surface area contributed by atoms with Crippen LogP contribution in [0.4, 0.5) is 0 Å². The average Bonchev–Trinajstić information content (AvgIpc) is 2.58. The summed E-state index contributed by atoms with van der Waals surface area (Å²) in [6.45, 7) is 4.40. The van der Waals surface area contributed by atoms with Gasteiger partial charge in [0, 0.05) is 6.54 Å². The van der Waals surface area contributed by atoms with E-state index >= 15 is 0 Å². The third-order valence-corrected chi connectivity index (χ3v) is 4.31. The molecule has 0 spiro atoms. The maximum absolute atomic E-state index is 12.0. The Bertz CT molecular complexity index is 422. The molecule has 3 nitrogen and oxygen atoms in total. The van der Waals surface area contributed by atoms with Gasteiger partial charge in [-0.3, -0.25) is 4.79 Å². The zero-order valence-electron chi connectivity index (χ0n) is 10.1. The van der Waals surface area contributed by atoms with Gasteiger partial charge in [-0.05, 0) is 19.4 Å². The van der Waals surface area contributed by atoms with E-state index in [0.29, 0.717) is 6.54 Å². The lowest BCUT2D eigenvalue weighted by Gasteiger charge is -2.23. The summed E-state index contributed by atoms with van der Waals surface area (Å²) in [5, 5.41) is 9.07. The number of aliphatic hydroxyl groups excluding tert-OH is 1. The fourth-order valence-corrected chi connectivity index (χ4v) is 3.39. The molecule has 1 heterocycles. The van der Waals surface area contributed by atoms with E-state index in [4.69, 9.17) is 5.11 Å². The van der Waals surface area contributed by atoms with Gasteiger partial charge < -0.3 is 10.0 Å². The quantitative estimate of drug-likeness (QED) is 0.892. The number of carbonyl (C=O) groups excluding carboxylic acids is 1. The van der Waals surface area contributed by atoms with Crippen LogP contribution >= 0.6 is 11.8 Å². The van der Waals surface area contributed by atoms with Crippen molar-refractivity contribution in [2.24, 2.45) is 0 Å². The summed E-state index contributed by atoms with van der Waals surface area (Å²) >= 11 is 1.65. The van der Waals surface area contributed by atoms with Gasteiger partial charge >= 0.3 is 0 Å². The van der Waals surface area contributed by atoms with Gasteiger partial charge in [-0.2, -0.15) is 0 Å². The van der Waals surface area contributed by atoms with E-state index in [-0.39, 0.29) is 23.1 Å². The zero-order chi connectivity index (χ0) is 12.4. The normalized spacial score (nSPS) is 24.4. The van der Waals surface area contributed by atoms with E-state index in [0.717, 1.165) is 5.56 Å². The molecule has 92 valence electrons. The van der Waals surface area contributed by atoms with Crippen LogP contribution in [0.15, 0.2) is 24.3 Å². The topological polar surface area (TPSA) is 40.5 Å². The number of thioether (sulfide) groups is 1. The molecule has 1 aliphatic rings. The summed E-state index contributed by atoms with van der Waals surface area (Å²) in [6.07, 6.45) is 0. The first-order valence-corrected chi connectivity index (χ1v) is 6.71. The number of benzene rings is 1. The second kappa shape index (κ2) is 5.10. The van der Waals surface area contributed by atoms with Gasteiger partial charge in [-0.1, -0.05) is 29.8 Å². The molecule has 0 radical (unpaired) electrons. The molecule has 0 bridgehead atoms. The van der Waals surface area contributed by atoms with E-state index in [1.54, 1.807) is 16.7 Å². The summed E-state index contributed by atoms with van der Waals surface area (Å²) in [5.74, 6) is 0.121. The van der Waals surface area contributed by atoms with Gasteiger partial charge in [0.2, 0.25) is 5.91 Å². The lowest BCUT2D eigenvalue weighted by atomic mass is 10.1. The maximum atomic E-state index is 12.0. The predicted octanol–water partition coefficient (Wildman–Crippen LogP) is 1.95. The molecule has 0 aliphatic carbocycles. The van der Waals surface area contributed by atoms with Crippen molar-refractivity contribution >= 4 is 17.7 Å². The Kier molecular flexibility index (Phi) is 3.74. The number of aliphatic hydroxyl groups is 1. The Morgan fingerprint density at radius 1 is 1.47 bits per heavy atom. The summed E-state index contributed by atoms with van der Waals surface area (Å²) < 4.78 is 0. The molecule has 1 N–H and O–H groups in total. The van der Waals surface area contributed by atoms with Crippen LogP contribution in [0.3, 0.4) is 0 Å². The molecule has 4 heteroatoms. The molecule has 1 amide bonds. The molecule has 1 aliphatic heterocycles. The van der Waals surface area contributed by atoms with E-state index in [1.165, 1.54) is 5.56 Å². The van der Waals surface area contributed by atoms with E-state index in [9.17, 15) is 4.79 Å². The number of amides is 1. The lowest BCUT2D eigenvalue weighted by Crippen LogP contribution is -2.32. The van der Waals surface area contributed by atoms with Crippen molar-refractivity contribution in [2.75, 3.05) is 13.2 Å². The summed E-state index contributed by atoms with van der Waals surface area (Å²) in [7, 11) is 0. The minimum Gasteiger partial charge on any atom is -0.395 e. The van der Waals surface area contributed by atoms with E-state index < -0.39 is 0 Å². The smallest absolute Gasteiger partial charge is 0.236 e. The number of hydrogen-bond acceptors (Lipinski definition) is 3. The molecule has 1 fully saturated rings.